The zero-order valence-corrected chi connectivity index (χ0v) is 16.3. The average molecular weight is 441 g/mol. The zero-order chi connectivity index (χ0) is 16.8. The minimum absolute atomic E-state index is 0. The summed E-state index contributed by atoms with van der Waals surface area (Å²) in [7, 11) is 5.60. The van der Waals surface area contributed by atoms with Gasteiger partial charge in [-0.3, -0.25) is 4.99 Å². The second-order valence-corrected chi connectivity index (χ2v) is 5.29. The minimum atomic E-state index is -0.336. The Bertz CT molecular complexity index is 748. The molecule has 0 atom stereocenters. The van der Waals surface area contributed by atoms with Gasteiger partial charge in [0.15, 0.2) is 5.96 Å². The smallest absolute Gasteiger partial charge is 0.194 e. The maximum atomic E-state index is 13.8. The number of rotatable bonds is 4. The van der Waals surface area contributed by atoms with E-state index in [-0.39, 0.29) is 36.3 Å². The molecule has 1 aromatic carbocycles. The Kier molecular flexibility index (Phi) is 7.71. The van der Waals surface area contributed by atoms with E-state index in [1.165, 1.54) is 12.1 Å². The van der Waals surface area contributed by atoms with Gasteiger partial charge in [0.25, 0.3) is 0 Å². The van der Waals surface area contributed by atoms with E-state index in [4.69, 9.17) is 5.26 Å². The lowest BCUT2D eigenvalue weighted by molar-refractivity contribution is 0.460. The number of benzene rings is 1. The number of aliphatic imine (C=N–C) groups is 1. The Morgan fingerprint density at radius 1 is 1.42 bits per heavy atom. The molecule has 0 spiro atoms. The molecule has 0 aliphatic heterocycles. The molecular formula is C17H21FIN5. The van der Waals surface area contributed by atoms with Gasteiger partial charge in [-0.25, -0.2) is 4.39 Å². The Morgan fingerprint density at radius 3 is 2.75 bits per heavy atom. The van der Waals surface area contributed by atoms with E-state index in [0.717, 1.165) is 5.69 Å². The fourth-order valence-corrected chi connectivity index (χ4v) is 2.32. The maximum absolute atomic E-state index is 13.8. The van der Waals surface area contributed by atoms with Crippen molar-refractivity contribution in [2.45, 2.75) is 13.1 Å². The number of aryl methyl sites for hydroxylation is 1. The van der Waals surface area contributed by atoms with Crippen LogP contribution in [-0.2, 0) is 20.1 Å². The van der Waals surface area contributed by atoms with E-state index < -0.39 is 0 Å². The topological polar surface area (TPSA) is 56.4 Å². The van der Waals surface area contributed by atoms with Gasteiger partial charge in [-0.05, 0) is 30.3 Å². The molecule has 1 aromatic heterocycles. The van der Waals surface area contributed by atoms with Crippen LogP contribution in [0.2, 0.25) is 0 Å². The summed E-state index contributed by atoms with van der Waals surface area (Å²) in [5.74, 6) is 0.324. The lowest BCUT2D eigenvalue weighted by Crippen LogP contribution is -2.38. The molecule has 1 heterocycles. The summed E-state index contributed by atoms with van der Waals surface area (Å²) >= 11 is 0. The van der Waals surface area contributed by atoms with Crippen LogP contribution in [0.1, 0.15) is 16.8 Å². The number of hydrogen-bond donors (Lipinski definition) is 1. The number of nitrogens with zero attached hydrogens (tertiary/aromatic N) is 4. The lowest BCUT2D eigenvalue weighted by atomic mass is 10.1. The first-order valence-electron chi connectivity index (χ1n) is 7.25. The van der Waals surface area contributed by atoms with Crippen molar-refractivity contribution in [2.24, 2.45) is 12.0 Å². The van der Waals surface area contributed by atoms with Gasteiger partial charge < -0.3 is 14.8 Å². The number of halogens is 2. The van der Waals surface area contributed by atoms with Crippen molar-refractivity contribution in [3.63, 3.8) is 0 Å². The second-order valence-electron chi connectivity index (χ2n) is 5.29. The van der Waals surface area contributed by atoms with Crippen LogP contribution in [0, 0.1) is 17.1 Å². The van der Waals surface area contributed by atoms with Gasteiger partial charge in [-0.1, -0.05) is 0 Å². The first kappa shape index (κ1) is 20.0. The van der Waals surface area contributed by atoms with Crippen molar-refractivity contribution >= 4 is 29.9 Å². The van der Waals surface area contributed by atoms with E-state index in [9.17, 15) is 4.39 Å². The third kappa shape index (κ3) is 4.96. The number of hydrogen-bond acceptors (Lipinski definition) is 2. The molecule has 0 saturated carbocycles. The molecule has 5 nitrogen and oxygen atoms in total. The summed E-state index contributed by atoms with van der Waals surface area (Å²) in [6, 6.07) is 10.4. The van der Waals surface area contributed by atoms with Gasteiger partial charge in [-0.2, -0.15) is 5.26 Å². The van der Waals surface area contributed by atoms with Crippen LogP contribution < -0.4 is 5.32 Å². The Morgan fingerprint density at radius 2 is 2.17 bits per heavy atom. The molecule has 1 N–H and O–H groups in total. The molecular weight excluding hydrogens is 420 g/mol. The fourth-order valence-electron chi connectivity index (χ4n) is 2.32. The summed E-state index contributed by atoms with van der Waals surface area (Å²) in [6.45, 7) is 0.954. The average Bonchev–Trinajstić information content (AvgIpc) is 2.94. The summed E-state index contributed by atoms with van der Waals surface area (Å²) in [4.78, 5) is 6.18. The summed E-state index contributed by atoms with van der Waals surface area (Å²) in [5, 5.41) is 12.0. The molecule has 0 bridgehead atoms. The summed E-state index contributed by atoms with van der Waals surface area (Å²) in [5.41, 5.74) is 2.03. The van der Waals surface area contributed by atoms with Crippen molar-refractivity contribution < 1.29 is 4.39 Å². The monoisotopic (exact) mass is 441 g/mol. The molecule has 24 heavy (non-hydrogen) atoms. The van der Waals surface area contributed by atoms with Crippen molar-refractivity contribution in [1.29, 1.82) is 5.26 Å². The van der Waals surface area contributed by atoms with Crippen LogP contribution in [-0.4, -0.2) is 29.5 Å². The zero-order valence-electron chi connectivity index (χ0n) is 14.0. The highest BCUT2D eigenvalue weighted by Crippen LogP contribution is 2.10. The van der Waals surface area contributed by atoms with E-state index in [0.29, 0.717) is 23.6 Å². The van der Waals surface area contributed by atoms with Crippen LogP contribution in [0.3, 0.4) is 0 Å². The molecule has 2 aromatic rings. The van der Waals surface area contributed by atoms with E-state index in [2.05, 4.69) is 10.3 Å². The molecule has 0 fully saturated rings. The van der Waals surface area contributed by atoms with E-state index >= 15 is 0 Å². The van der Waals surface area contributed by atoms with Gasteiger partial charge in [0.2, 0.25) is 0 Å². The number of nitriles is 1. The predicted molar refractivity (Wildman–Crippen MR) is 104 cm³/mol. The molecule has 0 unspecified atom stereocenters. The molecule has 0 amide bonds. The van der Waals surface area contributed by atoms with Gasteiger partial charge in [0, 0.05) is 45.1 Å². The van der Waals surface area contributed by atoms with Crippen LogP contribution in [0.4, 0.5) is 4.39 Å². The molecule has 128 valence electrons. The summed E-state index contributed by atoms with van der Waals surface area (Å²) < 4.78 is 15.9. The number of nitrogens with one attached hydrogen (secondary N) is 1. The fraction of sp³-hybridized carbons (Fsp3) is 0.294. The molecule has 0 radical (unpaired) electrons. The third-order valence-corrected chi connectivity index (χ3v) is 3.64. The highest BCUT2D eigenvalue weighted by molar-refractivity contribution is 14.0. The summed E-state index contributed by atoms with van der Waals surface area (Å²) in [6.07, 6.45) is 1.99. The first-order chi connectivity index (χ1) is 11.0. The van der Waals surface area contributed by atoms with Crippen molar-refractivity contribution in [1.82, 2.24) is 14.8 Å². The Balaban J connectivity index is 0.00000288. The Hall–Kier alpha value is -2.08. The second kappa shape index (κ2) is 9.27. The standard InChI is InChI=1S/C17H20FN5.HI/c1-20-17(23(3)12-15-5-4-8-22(15)2)21-11-14-9-13(10-19)6-7-16(14)18;/h4-9H,11-12H2,1-3H3,(H,20,21);1H. The van der Waals surface area contributed by atoms with Crippen LogP contribution in [0.25, 0.3) is 0 Å². The van der Waals surface area contributed by atoms with E-state index in [1.807, 2.05) is 48.0 Å². The van der Waals surface area contributed by atoms with Gasteiger partial charge >= 0.3 is 0 Å². The normalized spacial score (nSPS) is 10.7. The largest absolute Gasteiger partial charge is 0.353 e. The SMILES string of the molecule is CN=C(NCc1cc(C#N)ccc1F)N(C)Cc1cccn1C.I. The van der Waals surface area contributed by atoms with Gasteiger partial charge in [-0.15, -0.1) is 24.0 Å². The molecule has 0 aliphatic carbocycles. The highest BCUT2D eigenvalue weighted by atomic mass is 127. The van der Waals surface area contributed by atoms with Crippen molar-refractivity contribution in [2.75, 3.05) is 14.1 Å². The highest BCUT2D eigenvalue weighted by Gasteiger charge is 2.10. The van der Waals surface area contributed by atoms with Crippen molar-refractivity contribution in [3.05, 3.63) is 59.2 Å². The van der Waals surface area contributed by atoms with Gasteiger partial charge in [0.1, 0.15) is 5.82 Å². The molecule has 7 heteroatoms. The number of guanidine groups is 1. The molecule has 0 saturated heterocycles. The van der Waals surface area contributed by atoms with E-state index in [1.54, 1.807) is 13.1 Å². The first-order valence-corrected chi connectivity index (χ1v) is 7.25. The van der Waals surface area contributed by atoms with Crippen LogP contribution in [0.5, 0.6) is 0 Å². The van der Waals surface area contributed by atoms with Gasteiger partial charge in [0.05, 0.1) is 18.2 Å². The number of aromatic nitrogens is 1. The lowest BCUT2D eigenvalue weighted by Gasteiger charge is -2.22. The quantitative estimate of drug-likeness (QED) is 0.451. The Labute approximate surface area is 158 Å². The molecule has 2 rings (SSSR count). The predicted octanol–water partition coefficient (Wildman–Crippen LogP) is 2.86. The van der Waals surface area contributed by atoms with Crippen LogP contribution in [0.15, 0.2) is 41.5 Å². The maximum Gasteiger partial charge on any atom is 0.194 e. The minimum Gasteiger partial charge on any atom is -0.353 e. The third-order valence-electron chi connectivity index (χ3n) is 3.64. The van der Waals surface area contributed by atoms with Crippen LogP contribution >= 0.6 is 24.0 Å². The molecule has 0 aliphatic rings. The van der Waals surface area contributed by atoms with Crippen molar-refractivity contribution in [3.8, 4) is 6.07 Å².